The zero-order chi connectivity index (χ0) is 11.1. The van der Waals surface area contributed by atoms with Crippen molar-refractivity contribution in [2.24, 2.45) is 5.92 Å². The number of nitrogens with zero attached hydrogens (tertiary/aromatic N) is 1. The van der Waals surface area contributed by atoms with E-state index < -0.39 is 27.3 Å². The first-order valence-electron chi connectivity index (χ1n) is 4.32. The van der Waals surface area contributed by atoms with E-state index in [1.165, 1.54) is 12.1 Å². The molecule has 0 aromatic heterocycles. The molecular formula is C10H7NO3S. The molecule has 0 fully saturated rings. The monoisotopic (exact) mass is 221 g/mol. The highest BCUT2D eigenvalue weighted by molar-refractivity contribution is 7.91. The highest BCUT2D eigenvalue weighted by Gasteiger charge is 2.36. The lowest BCUT2D eigenvalue weighted by Gasteiger charge is -2.18. The summed E-state index contributed by atoms with van der Waals surface area (Å²) in [4.78, 5) is 11.7. The summed E-state index contributed by atoms with van der Waals surface area (Å²) < 4.78 is 23.4. The zero-order valence-electron chi connectivity index (χ0n) is 7.67. The van der Waals surface area contributed by atoms with Crippen molar-refractivity contribution in [3.05, 3.63) is 29.8 Å². The van der Waals surface area contributed by atoms with Crippen LogP contribution in [0.3, 0.4) is 0 Å². The number of carbonyl (C=O) groups is 1. The van der Waals surface area contributed by atoms with Crippen molar-refractivity contribution < 1.29 is 13.2 Å². The largest absolute Gasteiger partial charge is 0.293 e. The van der Waals surface area contributed by atoms with Crippen LogP contribution in [-0.4, -0.2) is 20.0 Å². The van der Waals surface area contributed by atoms with Gasteiger partial charge in [0.1, 0.15) is 5.92 Å². The number of hydrogen-bond acceptors (Lipinski definition) is 4. The second kappa shape index (κ2) is 3.17. The van der Waals surface area contributed by atoms with Crippen molar-refractivity contribution in [3.8, 4) is 6.07 Å². The minimum atomic E-state index is -3.48. The Morgan fingerprint density at radius 1 is 1.33 bits per heavy atom. The number of rotatable bonds is 0. The van der Waals surface area contributed by atoms with Gasteiger partial charge in [0.25, 0.3) is 0 Å². The van der Waals surface area contributed by atoms with Gasteiger partial charge in [-0.15, -0.1) is 0 Å². The molecule has 2 rings (SSSR count). The molecule has 1 heterocycles. The molecule has 1 aromatic rings. The molecule has 0 spiro atoms. The minimum Gasteiger partial charge on any atom is -0.293 e. The van der Waals surface area contributed by atoms with Gasteiger partial charge in [-0.25, -0.2) is 8.42 Å². The van der Waals surface area contributed by atoms with Crippen molar-refractivity contribution in [1.29, 1.82) is 5.26 Å². The molecule has 1 unspecified atom stereocenters. The summed E-state index contributed by atoms with van der Waals surface area (Å²) in [5.41, 5.74) is 0.135. The summed E-state index contributed by atoms with van der Waals surface area (Å²) >= 11 is 0. The summed E-state index contributed by atoms with van der Waals surface area (Å²) in [6.07, 6.45) is 0. The quantitative estimate of drug-likeness (QED) is 0.649. The number of benzene rings is 1. The fourth-order valence-electron chi connectivity index (χ4n) is 1.61. The van der Waals surface area contributed by atoms with Gasteiger partial charge in [-0.05, 0) is 6.07 Å². The standard InChI is InChI=1S/C10H7NO3S/c11-5-7-6-15(13,14)9-4-2-1-3-8(9)10(7)12/h1-4,7H,6H2. The topological polar surface area (TPSA) is 75.0 Å². The number of nitriles is 1. The molecule has 0 saturated carbocycles. The molecule has 0 bridgehead atoms. The van der Waals surface area contributed by atoms with Crippen LogP contribution in [0.4, 0.5) is 0 Å². The van der Waals surface area contributed by atoms with Gasteiger partial charge in [0.2, 0.25) is 0 Å². The lowest BCUT2D eigenvalue weighted by molar-refractivity contribution is 0.0951. The molecule has 1 atom stereocenters. The third kappa shape index (κ3) is 1.43. The third-order valence-corrected chi connectivity index (χ3v) is 4.14. The fraction of sp³-hybridized carbons (Fsp3) is 0.200. The smallest absolute Gasteiger partial charge is 0.182 e. The third-order valence-electron chi connectivity index (χ3n) is 2.35. The van der Waals surface area contributed by atoms with Crippen LogP contribution in [0.15, 0.2) is 29.2 Å². The van der Waals surface area contributed by atoms with E-state index in [0.717, 1.165) is 0 Å². The van der Waals surface area contributed by atoms with E-state index in [1.807, 2.05) is 0 Å². The predicted molar refractivity (Wildman–Crippen MR) is 51.9 cm³/mol. The SMILES string of the molecule is N#CC1CS(=O)(=O)c2ccccc2C1=O. The highest BCUT2D eigenvalue weighted by Crippen LogP contribution is 2.27. The van der Waals surface area contributed by atoms with E-state index >= 15 is 0 Å². The van der Waals surface area contributed by atoms with Crippen LogP contribution in [0.25, 0.3) is 0 Å². The Balaban J connectivity index is 2.73. The molecule has 0 aliphatic carbocycles. The van der Waals surface area contributed by atoms with Crippen LogP contribution in [-0.2, 0) is 9.84 Å². The minimum absolute atomic E-state index is 0.0431. The fourth-order valence-corrected chi connectivity index (χ4v) is 3.24. The number of fused-ring (bicyclic) bond motifs is 1. The van der Waals surface area contributed by atoms with Gasteiger partial charge in [-0.1, -0.05) is 18.2 Å². The molecule has 4 nitrogen and oxygen atoms in total. The molecule has 1 aliphatic heterocycles. The van der Waals surface area contributed by atoms with Crippen LogP contribution in [0, 0.1) is 17.2 Å². The second-order valence-corrected chi connectivity index (χ2v) is 5.33. The van der Waals surface area contributed by atoms with Crippen molar-refractivity contribution in [2.45, 2.75) is 4.90 Å². The Morgan fingerprint density at radius 3 is 2.67 bits per heavy atom. The summed E-state index contributed by atoms with van der Waals surface area (Å²) in [5, 5.41) is 8.68. The average molecular weight is 221 g/mol. The Hall–Kier alpha value is -1.67. The van der Waals surface area contributed by atoms with Crippen molar-refractivity contribution in [3.63, 3.8) is 0 Å². The highest BCUT2D eigenvalue weighted by atomic mass is 32.2. The van der Waals surface area contributed by atoms with E-state index in [0.29, 0.717) is 0 Å². The van der Waals surface area contributed by atoms with Gasteiger partial charge in [0, 0.05) is 5.56 Å². The summed E-state index contributed by atoms with van der Waals surface area (Å²) in [6, 6.07) is 7.72. The molecule has 0 amide bonds. The molecule has 1 aromatic carbocycles. The summed E-state index contributed by atoms with van der Waals surface area (Å²) in [7, 11) is -3.48. The lowest BCUT2D eigenvalue weighted by atomic mass is 10.00. The van der Waals surface area contributed by atoms with Crippen LogP contribution in [0.1, 0.15) is 10.4 Å². The van der Waals surface area contributed by atoms with Crippen molar-refractivity contribution in [1.82, 2.24) is 0 Å². The molecule has 0 radical (unpaired) electrons. The second-order valence-electron chi connectivity index (χ2n) is 3.32. The van der Waals surface area contributed by atoms with Crippen molar-refractivity contribution >= 4 is 15.6 Å². The van der Waals surface area contributed by atoms with E-state index in [4.69, 9.17) is 5.26 Å². The number of carbonyl (C=O) groups excluding carboxylic acids is 1. The maximum atomic E-state index is 11.7. The zero-order valence-corrected chi connectivity index (χ0v) is 8.49. The van der Waals surface area contributed by atoms with E-state index in [2.05, 4.69) is 0 Å². The summed E-state index contributed by atoms with van der Waals surface area (Å²) in [6.45, 7) is 0. The van der Waals surface area contributed by atoms with E-state index in [1.54, 1.807) is 18.2 Å². The van der Waals surface area contributed by atoms with Crippen molar-refractivity contribution in [2.75, 3.05) is 5.75 Å². The Bertz CT molecular complexity index is 569. The van der Waals surface area contributed by atoms with Gasteiger partial charge in [-0.3, -0.25) is 4.79 Å². The lowest BCUT2D eigenvalue weighted by Crippen LogP contribution is -2.30. The molecule has 0 saturated heterocycles. The van der Waals surface area contributed by atoms with Gasteiger partial charge < -0.3 is 0 Å². The van der Waals surface area contributed by atoms with E-state index in [9.17, 15) is 13.2 Å². The first-order chi connectivity index (χ1) is 7.06. The number of Topliss-reactive ketones (excluding diaryl/α,β-unsaturated/α-hetero) is 1. The number of hydrogen-bond donors (Lipinski definition) is 0. The number of ketones is 1. The Morgan fingerprint density at radius 2 is 2.00 bits per heavy atom. The van der Waals surface area contributed by atoms with Crippen LogP contribution in [0.5, 0.6) is 0 Å². The summed E-state index contributed by atoms with van der Waals surface area (Å²) in [5.74, 6) is -1.87. The van der Waals surface area contributed by atoms with Gasteiger partial charge in [-0.2, -0.15) is 5.26 Å². The average Bonchev–Trinajstić information content (AvgIpc) is 2.24. The molecule has 76 valence electrons. The Kier molecular flexibility index (Phi) is 2.09. The van der Waals surface area contributed by atoms with E-state index in [-0.39, 0.29) is 10.5 Å². The molecule has 5 heteroatoms. The maximum Gasteiger partial charge on any atom is 0.182 e. The molecule has 15 heavy (non-hydrogen) atoms. The predicted octanol–water partition coefficient (Wildman–Crippen LogP) is 0.796. The molecular weight excluding hydrogens is 214 g/mol. The Labute approximate surface area is 87.1 Å². The maximum absolute atomic E-state index is 11.7. The number of sulfone groups is 1. The van der Waals surface area contributed by atoms with Gasteiger partial charge >= 0.3 is 0 Å². The first-order valence-corrected chi connectivity index (χ1v) is 5.97. The molecule has 0 N–H and O–H groups in total. The van der Waals surface area contributed by atoms with Gasteiger partial charge in [0.15, 0.2) is 15.6 Å². The van der Waals surface area contributed by atoms with Gasteiger partial charge in [0.05, 0.1) is 16.7 Å². The normalized spacial score (nSPS) is 22.9. The van der Waals surface area contributed by atoms with Crippen LogP contribution < -0.4 is 0 Å². The van der Waals surface area contributed by atoms with Crippen LogP contribution >= 0.6 is 0 Å². The van der Waals surface area contributed by atoms with Crippen LogP contribution in [0.2, 0.25) is 0 Å². The molecule has 1 aliphatic rings. The first kappa shape index (κ1) is 9.87.